The first-order valence-electron chi connectivity index (χ1n) is 8.50. The average Bonchev–Trinajstić information content (AvgIpc) is 2.92. The van der Waals surface area contributed by atoms with Crippen molar-refractivity contribution in [1.82, 2.24) is 20.0 Å². The minimum Gasteiger partial charge on any atom is -0.375 e. The van der Waals surface area contributed by atoms with E-state index in [1.807, 2.05) is 45.0 Å². The van der Waals surface area contributed by atoms with Gasteiger partial charge in [0.05, 0.1) is 5.69 Å². The minimum atomic E-state index is -0.195. The maximum atomic E-state index is 11.5. The van der Waals surface area contributed by atoms with E-state index in [1.54, 1.807) is 16.8 Å². The molecule has 0 saturated heterocycles. The minimum absolute atomic E-state index is 0.0245. The van der Waals surface area contributed by atoms with Crippen LogP contribution in [0.3, 0.4) is 0 Å². The van der Waals surface area contributed by atoms with Gasteiger partial charge in [-0.3, -0.25) is 4.79 Å². The smallest absolute Gasteiger partial charge is 0.250 e. The number of rotatable bonds is 6. The van der Waals surface area contributed by atoms with E-state index in [0.29, 0.717) is 17.3 Å². The van der Waals surface area contributed by atoms with Crippen LogP contribution in [0.4, 0.5) is 17.2 Å². The van der Waals surface area contributed by atoms with Gasteiger partial charge in [-0.1, -0.05) is 0 Å². The Balaban J connectivity index is 1.68. The number of hydrogen-bond donors (Lipinski definition) is 2. The number of carbonyl (C=O) groups is 1. The lowest BCUT2D eigenvalue weighted by molar-refractivity contribution is -0.119. The molecule has 0 aliphatic rings. The molecule has 0 atom stereocenters. The third-order valence-electron chi connectivity index (χ3n) is 4.24. The lowest BCUT2D eigenvalue weighted by Gasteiger charge is -2.08. The second-order valence-electron chi connectivity index (χ2n) is 6.17. The number of hydrogen-bond acceptors (Lipinski definition) is 6. The number of anilines is 3. The predicted molar refractivity (Wildman–Crippen MR) is 104 cm³/mol. The van der Waals surface area contributed by atoms with Crippen molar-refractivity contribution in [2.45, 2.75) is 20.8 Å². The van der Waals surface area contributed by atoms with Gasteiger partial charge in [-0.05, 0) is 62.7 Å². The Morgan fingerprint density at radius 3 is 2.30 bits per heavy atom. The molecule has 0 bridgehead atoms. The number of carbonyl (C=O) groups excluding carboxylic acids is 1. The van der Waals surface area contributed by atoms with Gasteiger partial charge >= 0.3 is 0 Å². The summed E-state index contributed by atoms with van der Waals surface area (Å²) < 4.78 is 6.58. The van der Waals surface area contributed by atoms with Gasteiger partial charge in [0.25, 0.3) is 0 Å². The van der Waals surface area contributed by atoms with E-state index in [1.165, 1.54) is 7.11 Å². The Morgan fingerprint density at radius 1 is 1.04 bits per heavy atom. The van der Waals surface area contributed by atoms with E-state index >= 15 is 0 Å². The molecular formula is C19H22N6O2. The van der Waals surface area contributed by atoms with Crippen LogP contribution in [0.5, 0.6) is 0 Å². The first-order valence-corrected chi connectivity index (χ1v) is 8.50. The number of ether oxygens (including phenoxy) is 1. The van der Waals surface area contributed by atoms with Crippen LogP contribution in [-0.4, -0.2) is 39.6 Å². The van der Waals surface area contributed by atoms with E-state index in [2.05, 4.69) is 25.9 Å². The molecule has 8 nitrogen and oxygen atoms in total. The molecule has 27 heavy (non-hydrogen) atoms. The summed E-state index contributed by atoms with van der Waals surface area (Å²) in [7, 11) is 1.48. The summed E-state index contributed by atoms with van der Waals surface area (Å²) in [5, 5.41) is 18.9. The summed E-state index contributed by atoms with van der Waals surface area (Å²) in [6.07, 6.45) is 0. The Labute approximate surface area is 157 Å². The molecule has 1 amide bonds. The predicted octanol–water partition coefficient (Wildman–Crippen LogP) is 2.92. The Morgan fingerprint density at radius 2 is 1.74 bits per heavy atom. The molecule has 0 aliphatic heterocycles. The lowest BCUT2D eigenvalue weighted by atomic mass is 10.2. The molecule has 0 saturated carbocycles. The van der Waals surface area contributed by atoms with Gasteiger partial charge in [-0.25, -0.2) is 4.68 Å². The van der Waals surface area contributed by atoms with Crippen LogP contribution in [-0.2, 0) is 9.53 Å². The molecule has 0 unspecified atom stereocenters. The van der Waals surface area contributed by atoms with Crippen LogP contribution in [0.1, 0.15) is 17.0 Å². The highest BCUT2D eigenvalue weighted by Gasteiger charge is 2.10. The molecule has 0 spiro atoms. The molecule has 8 heteroatoms. The van der Waals surface area contributed by atoms with E-state index in [4.69, 9.17) is 4.74 Å². The van der Waals surface area contributed by atoms with Gasteiger partial charge in [0.2, 0.25) is 5.91 Å². The zero-order valence-corrected chi connectivity index (χ0v) is 15.8. The maximum absolute atomic E-state index is 11.5. The second kappa shape index (κ2) is 7.96. The quantitative estimate of drug-likeness (QED) is 0.697. The number of amides is 1. The molecule has 1 aromatic carbocycles. The molecule has 2 heterocycles. The van der Waals surface area contributed by atoms with E-state index in [0.717, 1.165) is 22.6 Å². The van der Waals surface area contributed by atoms with Crippen LogP contribution in [0.25, 0.3) is 5.82 Å². The van der Waals surface area contributed by atoms with Crippen molar-refractivity contribution < 1.29 is 9.53 Å². The van der Waals surface area contributed by atoms with Gasteiger partial charge in [0.15, 0.2) is 11.6 Å². The number of nitrogens with zero attached hydrogens (tertiary/aromatic N) is 4. The highest BCUT2D eigenvalue weighted by molar-refractivity contribution is 5.91. The lowest BCUT2D eigenvalue weighted by Crippen LogP contribution is -2.16. The van der Waals surface area contributed by atoms with Crippen molar-refractivity contribution in [3.8, 4) is 5.82 Å². The van der Waals surface area contributed by atoms with Crippen molar-refractivity contribution in [2.75, 3.05) is 24.4 Å². The Hall–Kier alpha value is -3.26. The Kier molecular flexibility index (Phi) is 5.46. The standard InChI is InChI=1S/C19H22N6O2/c1-12-13(2)24-25(14(12)3)18-10-9-17(22-23-18)20-15-5-7-16(8-6-15)21-19(26)11-27-4/h5-10H,11H2,1-4H3,(H,20,22)(H,21,26). The highest BCUT2D eigenvalue weighted by atomic mass is 16.5. The van der Waals surface area contributed by atoms with E-state index < -0.39 is 0 Å². The van der Waals surface area contributed by atoms with Crippen molar-refractivity contribution in [3.63, 3.8) is 0 Å². The summed E-state index contributed by atoms with van der Waals surface area (Å²) in [6, 6.07) is 11.0. The van der Waals surface area contributed by atoms with Gasteiger partial charge in [0, 0.05) is 24.2 Å². The molecule has 0 fully saturated rings. The zero-order chi connectivity index (χ0) is 19.4. The summed E-state index contributed by atoms with van der Waals surface area (Å²) in [5.74, 6) is 1.10. The fourth-order valence-electron chi connectivity index (χ4n) is 2.56. The van der Waals surface area contributed by atoms with Gasteiger partial charge < -0.3 is 15.4 Å². The molecule has 0 radical (unpaired) electrons. The summed E-state index contributed by atoms with van der Waals surface area (Å²) in [5.41, 5.74) is 4.71. The number of benzene rings is 1. The van der Waals surface area contributed by atoms with Crippen molar-refractivity contribution in [1.29, 1.82) is 0 Å². The largest absolute Gasteiger partial charge is 0.375 e. The first kappa shape index (κ1) is 18.5. The number of aryl methyl sites for hydroxylation is 1. The molecule has 140 valence electrons. The number of methoxy groups -OCH3 is 1. The molecule has 2 aromatic heterocycles. The summed E-state index contributed by atoms with van der Waals surface area (Å²) >= 11 is 0. The third-order valence-corrected chi connectivity index (χ3v) is 4.24. The van der Waals surface area contributed by atoms with Crippen LogP contribution in [0.2, 0.25) is 0 Å². The molecule has 3 rings (SSSR count). The summed E-state index contributed by atoms with van der Waals surface area (Å²) in [6.45, 7) is 6.05. The second-order valence-corrected chi connectivity index (χ2v) is 6.17. The average molecular weight is 366 g/mol. The normalized spacial score (nSPS) is 10.7. The number of aromatic nitrogens is 4. The van der Waals surface area contributed by atoms with Gasteiger partial charge in [-0.2, -0.15) is 5.10 Å². The third kappa shape index (κ3) is 4.29. The van der Waals surface area contributed by atoms with Crippen molar-refractivity contribution in [2.24, 2.45) is 0 Å². The van der Waals surface area contributed by atoms with Gasteiger partial charge in [0.1, 0.15) is 6.61 Å². The van der Waals surface area contributed by atoms with Crippen molar-refractivity contribution in [3.05, 3.63) is 53.3 Å². The first-order chi connectivity index (χ1) is 13.0. The van der Waals surface area contributed by atoms with E-state index in [9.17, 15) is 4.79 Å². The zero-order valence-electron chi connectivity index (χ0n) is 15.8. The van der Waals surface area contributed by atoms with E-state index in [-0.39, 0.29) is 12.5 Å². The maximum Gasteiger partial charge on any atom is 0.250 e. The molecule has 2 N–H and O–H groups in total. The SMILES string of the molecule is COCC(=O)Nc1ccc(Nc2ccc(-n3nc(C)c(C)c3C)nn2)cc1. The topological polar surface area (TPSA) is 94.0 Å². The van der Waals surface area contributed by atoms with Gasteiger partial charge in [-0.15, -0.1) is 10.2 Å². The monoisotopic (exact) mass is 366 g/mol. The molecular weight excluding hydrogens is 344 g/mol. The fourth-order valence-corrected chi connectivity index (χ4v) is 2.56. The molecule has 0 aliphatic carbocycles. The summed E-state index contributed by atoms with van der Waals surface area (Å²) in [4.78, 5) is 11.5. The molecule has 3 aromatic rings. The van der Waals surface area contributed by atoms with Crippen molar-refractivity contribution >= 4 is 23.1 Å². The van der Waals surface area contributed by atoms with Crippen LogP contribution in [0.15, 0.2) is 36.4 Å². The van der Waals surface area contributed by atoms with Crippen LogP contribution < -0.4 is 10.6 Å². The van der Waals surface area contributed by atoms with Crippen LogP contribution in [0, 0.1) is 20.8 Å². The highest BCUT2D eigenvalue weighted by Crippen LogP contribution is 2.19. The fraction of sp³-hybridized carbons (Fsp3) is 0.263. The van der Waals surface area contributed by atoms with Crippen LogP contribution >= 0.6 is 0 Å². The number of nitrogens with one attached hydrogen (secondary N) is 2. The Bertz CT molecular complexity index is 932.